The van der Waals surface area contributed by atoms with Crippen molar-refractivity contribution in [3.63, 3.8) is 0 Å². The predicted molar refractivity (Wildman–Crippen MR) is 59.6 cm³/mol. The van der Waals surface area contributed by atoms with E-state index in [0.717, 1.165) is 13.1 Å². The standard InChI is InChI=1S/C10H17N3S/c1-8(10-12-5-6-14-10)13(2)9-3-4-11-7-9/h5-6,8-9,11H,3-4,7H2,1-2H3. The average molecular weight is 211 g/mol. The molecule has 1 aromatic heterocycles. The van der Waals surface area contributed by atoms with E-state index >= 15 is 0 Å². The molecule has 4 heteroatoms. The molecule has 2 rings (SSSR count). The van der Waals surface area contributed by atoms with Gasteiger partial charge in [0.15, 0.2) is 0 Å². The molecule has 0 amide bonds. The molecule has 1 saturated heterocycles. The third kappa shape index (κ3) is 1.97. The van der Waals surface area contributed by atoms with Crippen LogP contribution in [0.2, 0.25) is 0 Å². The molecule has 78 valence electrons. The lowest BCUT2D eigenvalue weighted by Gasteiger charge is -2.28. The first kappa shape index (κ1) is 10.1. The van der Waals surface area contributed by atoms with Gasteiger partial charge in [-0.05, 0) is 26.9 Å². The molecule has 1 aromatic rings. The Bertz CT molecular complexity index is 267. The van der Waals surface area contributed by atoms with Crippen molar-refractivity contribution in [2.75, 3.05) is 20.1 Å². The molecule has 2 heterocycles. The van der Waals surface area contributed by atoms with Gasteiger partial charge in [-0.2, -0.15) is 0 Å². The van der Waals surface area contributed by atoms with Crippen molar-refractivity contribution in [1.82, 2.24) is 15.2 Å². The number of thiazole rings is 1. The van der Waals surface area contributed by atoms with Gasteiger partial charge in [-0.3, -0.25) is 4.90 Å². The van der Waals surface area contributed by atoms with Gasteiger partial charge >= 0.3 is 0 Å². The van der Waals surface area contributed by atoms with Crippen LogP contribution in [0.25, 0.3) is 0 Å². The second-order valence-corrected chi connectivity index (χ2v) is 4.78. The first-order valence-corrected chi connectivity index (χ1v) is 5.99. The quantitative estimate of drug-likeness (QED) is 0.821. The number of hydrogen-bond donors (Lipinski definition) is 1. The predicted octanol–water partition coefficient (Wildman–Crippen LogP) is 1.50. The van der Waals surface area contributed by atoms with Gasteiger partial charge in [-0.15, -0.1) is 11.3 Å². The normalized spacial score (nSPS) is 24.4. The van der Waals surface area contributed by atoms with Crippen molar-refractivity contribution in [3.8, 4) is 0 Å². The molecule has 1 fully saturated rings. The lowest BCUT2D eigenvalue weighted by atomic mass is 10.2. The summed E-state index contributed by atoms with van der Waals surface area (Å²) in [5.41, 5.74) is 0. The summed E-state index contributed by atoms with van der Waals surface area (Å²) in [5, 5.41) is 6.66. The molecule has 0 spiro atoms. The lowest BCUT2D eigenvalue weighted by Crippen LogP contribution is -2.35. The maximum Gasteiger partial charge on any atom is 0.109 e. The van der Waals surface area contributed by atoms with Crippen LogP contribution in [0.3, 0.4) is 0 Å². The van der Waals surface area contributed by atoms with Crippen molar-refractivity contribution in [2.45, 2.75) is 25.4 Å². The van der Waals surface area contributed by atoms with E-state index < -0.39 is 0 Å². The van der Waals surface area contributed by atoms with E-state index in [1.54, 1.807) is 11.3 Å². The van der Waals surface area contributed by atoms with Crippen LogP contribution in [0.5, 0.6) is 0 Å². The molecule has 0 aromatic carbocycles. The summed E-state index contributed by atoms with van der Waals surface area (Å²) in [4.78, 5) is 6.79. The Kier molecular flexibility index (Phi) is 3.15. The molecule has 2 unspecified atom stereocenters. The second-order valence-electron chi connectivity index (χ2n) is 3.86. The summed E-state index contributed by atoms with van der Waals surface area (Å²) in [5.74, 6) is 0. The maximum atomic E-state index is 4.37. The Labute approximate surface area is 89.1 Å². The summed E-state index contributed by atoms with van der Waals surface area (Å²) in [6, 6.07) is 1.12. The zero-order valence-electron chi connectivity index (χ0n) is 8.73. The molecule has 0 bridgehead atoms. The number of likely N-dealkylation sites (N-methyl/N-ethyl adjacent to an activating group) is 1. The van der Waals surface area contributed by atoms with Gasteiger partial charge in [-0.1, -0.05) is 0 Å². The average Bonchev–Trinajstić information content (AvgIpc) is 2.87. The second kappa shape index (κ2) is 4.38. The minimum Gasteiger partial charge on any atom is -0.315 e. The molecule has 1 aliphatic heterocycles. The van der Waals surface area contributed by atoms with Gasteiger partial charge in [0.25, 0.3) is 0 Å². The molecule has 1 N–H and O–H groups in total. The molecular formula is C10H17N3S. The Balaban J connectivity index is 2.00. The van der Waals surface area contributed by atoms with Crippen LogP contribution in [-0.4, -0.2) is 36.1 Å². The van der Waals surface area contributed by atoms with Crippen molar-refractivity contribution in [1.29, 1.82) is 0 Å². The zero-order chi connectivity index (χ0) is 9.97. The fraction of sp³-hybridized carbons (Fsp3) is 0.700. The molecule has 0 radical (unpaired) electrons. The highest BCUT2D eigenvalue weighted by Crippen LogP contribution is 2.24. The number of nitrogens with one attached hydrogen (secondary N) is 1. The molecule has 3 nitrogen and oxygen atoms in total. The van der Waals surface area contributed by atoms with Gasteiger partial charge < -0.3 is 5.32 Å². The fourth-order valence-electron chi connectivity index (χ4n) is 1.92. The van der Waals surface area contributed by atoms with E-state index in [1.807, 2.05) is 11.6 Å². The Morgan fingerprint density at radius 3 is 3.14 bits per heavy atom. The smallest absolute Gasteiger partial charge is 0.109 e. The third-order valence-electron chi connectivity index (χ3n) is 3.03. The van der Waals surface area contributed by atoms with Crippen LogP contribution >= 0.6 is 11.3 Å². The van der Waals surface area contributed by atoms with E-state index in [9.17, 15) is 0 Å². The largest absolute Gasteiger partial charge is 0.315 e. The molecule has 1 aliphatic rings. The Hall–Kier alpha value is -0.450. The van der Waals surface area contributed by atoms with E-state index in [1.165, 1.54) is 11.4 Å². The fourth-order valence-corrected chi connectivity index (χ4v) is 2.66. The highest BCUT2D eigenvalue weighted by atomic mass is 32.1. The minimum atomic E-state index is 0.444. The maximum absolute atomic E-state index is 4.37. The van der Waals surface area contributed by atoms with Crippen molar-refractivity contribution < 1.29 is 0 Å². The number of hydrogen-bond acceptors (Lipinski definition) is 4. The minimum absolute atomic E-state index is 0.444. The van der Waals surface area contributed by atoms with Crippen molar-refractivity contribution in [2.24, 2.45) is 0 Å². The summed E-state index contributed by atoms with van der Waals surface area (Å²) < 4.78 is 0. The topological polar surface area (TPSA) is 28.2 Å². The van der Waals surface area contributed by atoms with E-state index in [2.05, 4.69) is 29.2 Å². The van der Waals surface area contributed by atoms with Gasteiger partial charge in [-0.25, -0.2) is 4.98 Å². The van der Waals surface area contributed by atoms with E-state index in [4.69, 9.17) is 0 Å². The highest BCUT2D eigenvalue weighted by Gasteiger charge is 2.24. The lowest BCUT2D eigenvalue weighted by molar-refractivity contribution is 0.196. The first-order chi connectivity index (χ1) is 6.79. The van der Waals surface area contributed by atoms with Crippen LogP contribution in [0.4, 0.5) is 0 Å². The van der Waals surface area contributed by atoms with Gasteiger partial charge in [0.1, 0.15) is 5.01 Å². The van der Waals surface area contributed by atoms with Crippen LogP contribution in [0.15, 0.2) is 11.6 Å². The first-order valence-electron chi connectivity index (χ1n) is 5.11. The summed E-state index contributed by atoms with van der Waals surface area (Å²) >= 11 is 1.74. The van der Waals surface area contributed by atoms with E-state index in [0.29, 0.717) is 12.1 Å². The summed E-state index contributed by atoms with van der Waals surface area (Å²) in [6.07, 6.45) is 3.14. The van der Waals surface area contributed by atoms with Gasteiger partial charge in [0, 0.05) is 24.2 Å². The number of nitrogens with zero attached hydrogens (tertiary/aromatic N) is 2. The molecular weight excluding hydrogens is 194 g/mol. The van der Waals surface area contributed by atoms with Gasteiger partial charge in [0.2, 0.25) is 0 Å². The zero-order valence-corrected chi connectivity index (χ0v) is 9.55. The molecule has 0 saturated carbocycles. The third-order valence-corrected chi connectivity index (χ3v) is 3.98. The highest BCUT2D eigenvalue weighted by molar-refractivity contribution is 7.09. The summed E-state index contributed by atoms with van der Waals surface area (Å²) in [6.45, 7) is 4.50. The molecule has 14 heavy (non-hydrogen) atoms. The molecule has 0 aliphatic carbocycles. The Morgan fingerprint density at radius 1 is 1.71 bits per heavy atom. The van der Waals surface area contributed by atoms with Crippen molar-refractivity contribution in [3.05, 3.63) is 16.6 Å². The van der Waals surface area contributed by atoms with Crippen molar-refractivity contribution >= 4 is 11.3 Å². The monoisotopic (exact) mass is 211 g/mol. The van der Waals surface area contributed by atoms with Crippen LogP contribution in [0.1, 0.15) is 24.4 Å². The summed E-state index contributed by atoms with van der Waals surface area (Å²) in [7, 11) is 2.20. The van der Waals surface area contributed by atoms with E-state index in [-0.39, 0.29) is 0 Å². The number of rotatable bonds is 3. The SMILES string of the molecule is CC(c1nccs1)N(C)C1CCNC1. The van der Waals surface area contributed by atoms with Crippen LogP contribution < -0.4 is 5.32 Å². The number of aromatic nitrogens is 1. The van der Waals surface area contributed by atoms with Crippen LogP contribution in [0, 0.1) is 0 Å². The van der Waals surface area contributed by atoms with Gasteiger partial charge in [0.05, 0.1) is 6.04 Å². The molecule has 2 atom stereocenters. The Morgan fingerprint density at radius 2 is 2.57 bits per heavy atom. The van der Waals surface area contributed by atoms with Crippen LogP contribution in [-0.2, 0) is 0 Å².